The van der Waals surface area contributed by atoms with Gasteiger partial charge < -0.3 is 14.5 Å². The average molecular weight is 273 g/mol. The molecule has 0 radical (unpaired) electrons. The minimum atomic E-state index is -3.06. The molecule has 1 aromatic heterocycles. The second-order valence-corrected chi connectivity index (χ2v) is 6.92. The predicted octanol–water partition coefficient (Wildman–Crippen LogP) is 0.961. The van der Waals surface area contributed by atoms with E-state index in [0.29, 0.717) is 26.1 Å². The van der Waals surface area contributed by atoms with E-state index in [-0.39, 0.29) is 17.1 Å². The molecule has 102 valence electrons. The molecule has 1 N–H and O–H groups in total. The normalized spacial score (nSPS) is 24.5. The molecular formula is C12H19NO4S. The summed E-state index contributed by atoms with van der Waals surface area (Å²) in [6, 6.07) is 1.86. The van der Waals surface area contributed by atoms with Gasteiger partial charge in [-0.15, -0.1) is 0 Å². The van der Waals surface area contributed by atoms with Crippen molar-refractivity contribution in [2.45, 2.75) is 31.2 Å². The molecule has 1 fully saturated rings. The van der Waals surface area contributed by atoms with Gasteiger partial charge >= 0.3 is 0 Å². The lowest BCUT2D eigenvalue weighted by Gasteiger charge is -2.15. The Morgan fingerprint density at radius 2 is 2.33 bits per heavy atom. The summed E-state index contributed by atoms with van der Waals surface area (Å²) < 4.78 is 34.4. The fourth-order valence-corrected chi connectivity index (χ4v) is 4.02. The summed E-state index contributed by atoms with van der Waals surface area (Å²) in [5, 5.41) is 2.76. The van der Waals surface area contributed by atoms with E-state index < -0.39 is 9.84 Å². The van der Waals surface area contributed by atoms with Crippen LogP contribution in [-0.2, 0) is 21.1 Å². The Morgan fingerprint density at radius 3 is 2.94 bits per heavy atom. The van der Waals surface area contributed by atoms with Crippen molar-refractivity contribution in [3.63, 3.8) is 0 Å². The highest BCUT2D eigenvalue weighted by molar-refractivity contribution is 7.92. The first-order chi connectivity index (χ1) is 8.59. The van der Waals surface area contributed by atoms with Crippen LogP contribution in [0.5, 0.6) is 0 Å². The summed E-state index contributed by atoms with van der Waals surface area (Å²) in [6.07, 6.45) is 3.69. The van der Waals surface area contributed by atoms with E-state index in [1.54, 1.807) is 12.5 Å². The number of sulfone groups is 1. The van der Waals surface area contributed by atoms with Crippen molar-refractivity contribution in [1.82, 2.24) is 5.32 Å². The Labute approximate surface area is 107 Å². The van der Waals surface area contributed by atoms with Crippen molar-refractivity contribution in [3.05, 3.63) is 24.2 Å². The van der Waals surface area contributed by atoms with Crippen LogP contribution in [-0.4, -0.2) is 38.7 Å². The van der Waals surface area contributed by atoms with E-state index in [1.807, 2.05) is 13.0 Å². The van der Waals surface area contributed by atoms with Crippen molar-refractivity contribution in [2.75, 3.05) is 18.9 Å². The number of hydrogen-bond acceptors (Lipinski definition) is 5. The first-order valence-electron chi connectivity index (χ1n) is 6.14. The maximum absolute atomic E-state index is 12.1. The predicted molar refractivity (Wildman–Crippen MR) is 68.0 cm³/mol. The third-order valence-electron chi connectivity index (χ3n) is 3.24. The van der Waals surface area contributed by atoms with E-state index in [1.165, 1.54) is 0 Å². The summed E-state index contributed by atoms with van der Waals surface area (Å²) in [5.74, 6) is 0.156. The van der Waals surface area contributed by atoms with E-state index >= 15 is 0 Å². The van der Waals surface area contributed by atoms with Gasteiger partial charge in [-0.1, -0.05) is 0 Å². The van der Waals surface area contributed by atoms with Crippen molar-refractivity contribution in [2.24, 2.45) is 0 Å². The van der Waals surface area contributed by atoms with Gasteiger partial charge in [-0.3, -0.25) is 0 Å². The van der Waals surface area contributed by atoms with Gasteiger partial charge in [0.2, 0.25) is 0 Å². The second kappa shape index (κ2) is 5.86. The molecule has 18 heavy (non-hydrogen) atoms. The number of nitrogens with one attached hydrogen (secondary N) is 1. The van der Waals surface area contributed by atoms with E-state index in [4.69, 9.17) is 9.15 Å². The van der Waals surface area contributed by atoms with Gasteiger partial charge in [0.05, 0.1) is 29.6 Å². The number of rotatable bonds is 6. The molecule has 5 nitrogen and oxygen atoms in total. The van der Waals surface area contributed by atoms with Crippen molar-refractivity contribution in [3.8, 4) is 0 Å². The van der Waals surface area contributed by atoms with E-state index in [9.17, 15) is 8.42 Å². The van der Waals surface area contributed by atoms with Gasteiger partial charge in [-0.25, -0.2) is 8.42 Å². The van der Waals surface area contributed by atoms with Crippen LogP contribution < -0.4 is 5.32 Å². The molecule has 0 aromatic carbocycles. The molecule has 0 saturated carbocycles. The fourth-order valence-electron chi connectivity index (χ4n) is 2.18. The molecule has 1 aliphatic rings. The Bertz CT molecular complexity index is 454. The lowest BCUT2D eigenvalue weighted by Crippen LogP contribution is -2.33. The Balaban J connectivity index is 1.75. The van der Waals surface area contributed by atoms with Gasteiger partial charge in [0.1, 0.15) is 0 Å². The third-order valence-corrected chi connectivity index (χ3v) is 5.56. The SMILES string of the molecule is CC1OCCC1S(=O)(=O)CCNCc1ccoc1. The van der Waals surface area contributed by atoms with Gasteiger partial charge in [-0.05, 0) is 19.4 Å². The van der Waals surface area contributed by atoms with Gasteiger partial charge in [-0.2, -0.15) is 0 Å². The van der Waals surface area contributed by atoms with Crippen molar-refractivity contribution >= 4 is 9.84 Å². The van der Waals surface area contributed by atoms with Gasteiger partial charge in [0.15, 0.2) is 9.84 Å². The number of ether oxygens (including phenoxy) is 1. The largest absolute Gasteiger partial charge is 0.472 e. The summed E-state index contributed by atoms with van der Waals surface area (Å²) in [6.45, 7) is 3.46. The maximum atomic E-state index is 12.1. The molecule has 2 atom stereocenters. The average Bonchev–Trinajstić information content (AvgIpc) is 2.95. The minimum Gasteiger partial charge on any atom is -0.472 e. The van der Waals surface area contributed by atoms with Gasteiger partial charge in [0, 0.05) is 25.3 Å². The molecular weight excluding hydrogens is 254 g/mol. The van der Waals surface area contributed by atoms with E-state index in [2.05, 4.69) is 5.32 Å². The molecule has 0 bridgehead atoms. The van der Waals surface area contributed by atoms with Crippen LogP contribution in [0.15, 0.2) is 23.0 Å². The third kappa shape index (κ3) is 3.34. The van der Waals surface area contributed by atoms with Crippen LogP contribution in [0.3, 0.4) is 0 Å². The van der Waals surface area contributed by atoms with Crippen LogP contribution in [0.2, 0.25) is 0 Å². The lowest BCUT2D eigenvalue weighted by molar-refractivity contribution is 0.126. The lowest BCUT2D eigenvalue weighted by atomic mass is 10.3. The molecule has 1 aliphatic heterocycles. The molecule has 0 amide bonds. The zero-order valence-electron chi connectivity index (χ0n) is 10.5. The Hall–Kier alpha value is -0.850. The van der Waals surface area contributed by atoms with Crippen molar-refractivity contribution < 1.29 is 17.6 Å². The first kappa shape index (κ1) is 13.6. The molecule has 6 heteroatoms. The fraction of sp³-hybridized carbons (Fsp3) is 0.667. The van der Waals surface area contributed by atoms with Crippen LogP contribution in [0.25, 0.3) is 0 Å². The Morgan fingerprint density at radius 1 is 1.50 bits per heavy atom. The highest BCUT2D eigenvalue weighted by Gasteiger charge is 2.35. The van der Waals surface area contributed by atoms with Crippen LogP contribution >= 0.6 is 0 Å². The summed E-state index contributed by atoms with van der Waals surface area (Å²) >= 11 is 0. The first-order valence-corrected chi connectivity index (χ1v) is 7.86. The quantitative estimate of drug-likeness (QED) is 0.782. The topological polar surface area (TPSA) is 68.5 Å². The van der Waals surface area contributed by atoms with Crippen LogP contribution in [0.4, 0.5) is 0 Å². The summed E-state index contributed by atoms with van der Waals surface area (Å²) in [7, 11) is -3.06. The molecule has 1 saturated heterocycles. The van der Waals surface area contributed by atoms with Crippen LogP contribution in [0.1, 0.15) is 18.9 Å². The summed E-state index contributed by atoms with van der Waals surface area (Å²) in [4.78, 5) is 0. The van der Waals surface area contributed by atoms with Crippen molar-refractivity contribution in [1.29, 1.82) is 0 Å². The molecule has 2 rings (SSSR count). The second-order valence-electron chi connectivity index (χ2n) is 4.58. The monoisotopic (exact) mass is 273 g/mol. The molecule has 0 spiro atoms. The molecule has 0 aliphatic carbocycles. The zero-order valence-corrected chi connectivity index (χ0v) is 11.3. The number of hydrogen-bond donors (Lipinski definition) is 1. The molecule has 2 unspecified atom stereocenters. The molecule has 2 heterocycles. The number of furan rings is 1. The molecule has 1 aromatic rings. The zero-order chi connectivity index (χ0) is 13.0. The highest BCUT2D eigenvalue weighted by atomic mass is 32.2. The van der Waals surface area contributed by atoms with Gasteiger partial charge in [0.25, 0.3) is 0 Å². The Kier molecular flexibility index (Phi) is 4.42. The maximum Gasteiger partial charge on any atom is 0.157 e. The van der Waals surface area contributed by atoms with Crippen LogP contribution in [0, 0.1) is 0 Å². The minimum absolute atomic E-state index is 0.156. The summed E-state index contributed by atoms with van der Waals surface area (Å²) in [5.41, 5.74) is 1.02. The standard InChI is InChI=1S/C12H19NO4S/c1-10-12(3-6-17-10)18(14,15)7-4-13-8-11-2-5-16-9-11/h2,5,9-10,12-13H,3-4,6-8H2,1H3. The smallest absolute Gasteiger partial charge is 0.157 e. The highest BCUT2D eigenvalue weighted by Crippen LogP contribution is 2.21. The van der Waals surface area contributed by atoms with E-state index in [0.717, 1.165) is 5.56 Å².